The summed E-state index contributed by atoms with van der Waals surface area (Å²) in [5.74, 6) is 0. The summed E-state index contributed by atoms with van der Waals surface area (Å²) >= 11 is 0. The van der Waals surface area contributed by atoms with Crippen LogP contribution in [0.2, 0.25) is 0 Å². The fourth-order valence-corrected chi connectivity index (χ4v) is 0.876. The second kappa shape index (κ2) is 9.25. The molecule has 0 saturated carbocycles. The average molecular weight is 338 g/mol. The summed E-state index contributed by atoms with van der Waals surface area (Å²) in [4.78, 5) is 21.0. The Hall–Kier alpha value is -1.82. The first-order valence-corrected chi connectivity index (χ1v) is 5.61. The first-order valence-electron chi connectivity index (χ1n) is 5.61. The molecule has 0 aromatic rings. The molecule has 0 atom stereocenters. The number of carbonyl (C=O) groups excluding carboxylic acids is 2. The Morgan fingerprint density at radius 2 is 1.05 bits per heavy atom. The van der Waals surface area contributed by atoms with Crippen LogP contribution in [-0.4, -0.2) is 65.2 Å². The van der Waals surface area contributed by atoms with Gasteiger partial charge >= 0.3 is 24.5 Å². The van der Waals surface area contributed by atoms with Crippen LogP contribution >= 0.6 is 0 Å². The monoisotopic (exact) mass is 338 g/mol. The lowest BCUT2D eigenvalue weighted by Crippen LogP contribution is -2.46. The zero-order valence-electron chi connectivity index (χ0n) is 11.6. The molecule has 0 fully saturated rings. The van der Waals surface area contributed by atoms with E-state index in [0.717, 1.165) is 14.2 Å². The zero-order chi connectivity index (χ0) is 17.2. The first kappa shape index (κ1) is 20.2. The lowest BCUT2D eigenvalue weighted by molar-refractivity contribution is -0.431. The number of rotatable bonds is 9. The van der Waals surface area contributed by atoms with Gasteiger partial charge in [-0.25, -0.2) is 9.59 Å². The van der Waals surface area contributed by atoms with Crippen molar-refractivity contribution in [1.82, 2.24) is 0 Å². The Labute approximate surface area is 122 Å². The smallest absolute Gasteiger partial charge is 0.438 e. The summed E-state index contributed by atoms with van der Waals surface area (Å²) in [6, 6.07) is 0. The molecule has 0 heterocycles. The molecule has 130 valence electrons. The van der Waals surface area contributed by atoms with E-state index in [2.05, 4.69) is 28.4 Å². The molecule has 0 spiro atoms. The van der Waals surface area contributed by atoms with Crippen LogP contribution in [0, 0.1) is 0 Å². The summed E-state index contributed by atoms with van der Waals surface area (Å²) in [6.07, 6.45) is -12.3. The predicted molar refractivity (Wildman–Crippen MR) is 58.5 cm³/mol. The van der Waals surface area contributed by atoms with Gasteiger partial charge in [-0.1, -0.05) is 0 Å². The van der Waals surface area contributed by atoms with Crippen molar-refractivity contribution in [3.8, 4) is 0 Å². The standard InChI is InChI=1S/C10H14F4O8/c1-17-7(15)19-3-5-21-9(11,12)10(13,14)22-6-4-20-8(16)18-2/h3-6H2,1-2H3. The molecule has 0 bridgehead atoms. The van der Waals surface area contributed by atoms with E-state index < -0.39 is 51.0 Å². The van der Waals surface area contributed by atoms with E-state index >= 15 is 0 Å². The highest BCUT2D eigenvalue weighted by Crippen LogP contribution is 2.36. The van der Waals surface area contributed by atoms with Crippen LogP contribution in [0.1, 0.15) is 0 Å². The topological polar surface area (TPSA) is 89.5 Å². The maximum atomic E-state index is 13.1. The van der Waals surface area contributed by atoms with Gasteiger partial charge in [-0.15, -0.1) is 0 Å². The molecule has 0 amide bonds. The van der Waals surface area contributed by atoms with Crippen LogP contribution in [0.25, 0.3) is 0 Å². The van der Waals surface area contributed by atoms with Gasteiger partial charge in [0, 0.05) is 0 Å². The van der Waals surface area contributed by atoms with Gasteiger partial charge in [0.15, 0.2) is 0 Å². The second-order valence-corrected chi connectivity index (χ2v) is 3.34. The van der Waals surface area contributed by atoms with E-state index in [1.807, 2.05) is 0 Å². The van der Waals surface area contributed by atoms with Gasteiger partial charge in [-0.2, -0.15) is 17.6 Å². The van der Waals surface area contributed by atoms with Gasteiger partial charge in [0.1, 0.15) is 13.2 Å². The van der Waals surface area contributed by atoms with Crippen LogP contribution in [0.15, 0.2) is 0 Å². The third-order valence-corrected chi connectivity index (χ3v) is 1.85. The Bertz CT molecular complexity index is 329. The van der Waals surface area contributed by atoms with Crippen molar-refractivity contribution < 1.29 is 55.6 Å². The number of alkyl halides is 4. The normalized spacial score (nSPS) is 11.7. The fraction of sp³-hybridized carbons (Fsp3) is 0.800. The number of carbonyl (C=O) groups is 2. The van der Waals surface area contributed by atoms with Gasteiger partial charge in [0.25, 0.3) is 0 Å². The van der Waals surface area contributed by atoms with E-state index in [9.17, 15) is 27.2 Å². The maximum Gasteiger partial charge on any atom is 0.508 e. The van der Waals surface area contributed by atoms with E-state index in [1.54, 1.807) is 0 Å². The Kier molecular flexibility index (Phi) is 8.48. The molecule has 0 aliphatic carbocycles. The molecule has 12 heteroatoms. The summed E-state index contributed by atoms with van der Waals surface area (Å²) in [5.41, 5.74) is 0. The largest absolute Gasteiger partial charge is 0.508 e. The van der Waals surface area contributed by atoms with Gasteiger partial charge in [-0.3, -0.25) is 0 Å². The molecule has 0 aliphatic heterocycles. The van der Waals surface area contributed by atoms with Gasteiger partial charge in [0.2, 0.25) is 0 Å². The number of methoxy groups -OCH3 is 2. The van der Waals surface area contributed by atoms with Crippen LogP contribution < -0.4 is 0 Å². The number of hydrogen-bond acceptors (Lipinski definition) is 8. The van der Waals surface area contributed by atoms with Crippen molar-refractivity contribution in [3.05, 3.63) is 0 Å². The maximum absolute atomic E-state index is 13.1. The van der Waals surface area contributed by atoms with Crippen molar-refractivity contribution in [1.29, 1.82) is 0 Å². The summed E-state index contributed by atoms with van der Waals surface area (Å²) in [6.45, 7) is -3.52. The molecule has 0 aliphatic rings. The Morgan fingerprint density at radius 3 is 1.32 bits per heavy atom. The molecule has 0 radical (unpaired) electrons. The molecule has 22 heavy (non-hydrogen) atoms. The highest BCUT2D eigenvalue weighted by molar-refractivity contribution is 5.59. The fourth-order valence-electron chi connectivity index (χ4n) is 0.876. The quantitative estimate of drug-likeness (QED) is 0.357. The van der Waals surface area contributed by atoms with Crippen LogP contribution in [0.4, 0.5) is 27.2 Å². The number of ether oxygens (including phenoxy) is 6. The third-order valence-electron chi connectivity index (χ3n) is 1.85. The van der Waals surface area contributed by atoms with Crippen molar-refractivity contribution in [2.45, 2.75) is 12.2 Å². The zero-order valence-corrected chi connectivity index (χ0v) is 11.6. The molecule has 0 aromatic heterocycles. The SMILES string of the molecule is COC(=O)OCCOC(F)(F)C(F)(F)OCCOC(=O)OC. The third kappa shape index (κ3) is 7.26. The second-order valence-electron chi connectivity index (χ2n) is 3.34. The van der Waals surface area contributed by atoms with Gasteiger partial charge < -0.3 is 28.4 Å². The Morgan fingerprint density at radius 1 is 0.727 bits per heavy atom. The Balaban J connectivity index is 4.12. The minimum atomic E-state index is -4.99. The molecule has 0 aromatic carbocycles. The van der Waals surface area contributed by atoms with Crippen LogP contribution in [-0.2, 0) is 28.4 Å². The molecule has 8 nitrogen and oxygen atoms in total. The van der Waals surface area contributed by atoms with E-state index in [4.69, 9.17) is 0 Å². The highest BCUT2D eigenvalue weighted by Gasteiger charge is 2.60. The van der Waals surface area contributed by atoms with Crippen molar-refractivity contribution in [3.63, 3.8) is 0 Å². The van der Waals surface area contributed by atoms with E-state index in [-0.39, 0.29) is 0 Å². The number of halogens is 4. The summed E-state index contributed by atoms with van der Waals surface area (Å²) in [5, 5.41) is 0. The van der Waals surface area contributed by atoms with E-state index in [0.29, 0.717) is 0 Å². The molecule has 0 rings (SSSR count). The van der Waals surface area contributed by atoms with Crippen LogP contribution in [0.3, 0.4) is 0 Å². The first-order chi connectivity index (χ1) is 10.2. The number of hydrogen-bond donors (Lipinski definition) is 0. The minimum Gasteiger partial charge on any atom is -0.438 e. The van der Waals surface area contributed by atoms with Crippen LogP contribution in [0.5, 0.6) is 0 Å². The summed E-state index contributed by atoms with van der Waals surface area (Å²) < 4.78 is 75.8. The molecule has 0 saturated heterocycles. The minimum absolute atomic E-state index is 0.732. The lowest BCUT2D eigenvalue weighted by Gasteiger charge is -2.25. The molecule has 0 unspecified atom stereocenters. The average Bonchev–Trinajstić information content (AvgIpc) is 2.47. The van der Waals surface area contributed by atoms with E-state index in [1.165, 1.54) is 0 Å². The molecular weight excluding hydrogens is 324 g/mol. The van der Waals surface area contributed by atoms with Crippen molar-refractivity contribution >= 4 is 12.3 Å². The van der Waals surface area contributed by atoms with Gasteiger partial charge in [0.05, 0.1) is 27.4 Å². The molecule has 0 N–H and O–H groups in total. The summed E-state index contributed by atoms with van der Waals surface area (Å²) in [7, 11) is 1.94. The van der Waals surface area contributed by atoms with Crippen molar-refractivity contribution in [2.75, 3.05) is 40.6 Å². The molecular formula is C10H14F4O8. The van der Waals surface area contributed by atoms with Gasteiger partial charge in [-0.05, 0) is 0 Å². The lowest BCUT2D eigenvalue weighted by atomic mass is 10.5. The predicted octanol–water partition coefficient (Wildman–Crippen LogP) is 1.77. The van der Waals surface area contributed by atoms with Crippen molar-refractivity contribution in [2.24, 2.45) is 0 Å². The highest BCUT2D eigenvalue weighted by atomic mass is 19.3.